The second kappa shape index (κ2) is 7.63. The molecule has 25 heavy (non-hydrogen) atoms. The van der Waals surface area contributed by atoms with E-state index in [1.54, 1.807) is 20.8 Å². The van der Waals surface area contributed by atoms with Gasteiger partial charge in [0, 0.05) is 5.54 Å². The first-order valence-electron chi connectivity index (χ1n) is 7.97. The van der Waals surface area contributed by atoms with E-state index in [1.165, 1.54) is 4.68 Å². The molecule has 0 saturated heterocycles. The summed E-state index contributed by atoms with van der Waals surface area (Å²) in [5.41, 5.74) is -0.891. The van der Waals surface area contributed by atoms with Gasteiger partial charge in [-0.2, -0.15) is 5.10 Å². The minimum atomic E-state index is -0.669. The molecule has 8 nitrogen and oxygen atoms in total. The van der Waals surface area contributed by atoms with Crippen molar-refractivity contribution in [2.24, 2.45) is 0 Å². The largest absolute Gasteiger partial charge is 0.444 e. The standard InChI is InChI=1S/C16H27BrN4O4/c1-9(2)21-12(24-14(23)19-15(3,4)5)10(11(17)20-21)18-13(22)25-16(6,7)8/h9H,1-8H3,(H,18,22)(H,19,23). The second-order valence-corrected chi connectivity index (χ2v) is 8.65. The normalized spacial score (nSPS) is 12.1. The Balaban J connectivity index is 3.12. The SMILES string of the molecule is CC(C)n1nc(Br)c(NC(=O)OC(C)(C)C)c1OC(=O)NC(C)(C)C. The predicted molar refractivity (Wildman–Crippen MR) is 99.1 cm³/mol. The van der Waals surface area contributed by atoms with Gasteiger partial charge in [-0.05, 0) is 71.3 Å². The quantitative estimate of drug-likeness (QED) is 0.755. The van der Waals surface area contributed by atoms with Gasteiger partial charge in [0.2, 0.25) is 5.88 Å². The van der Waals surface area contributed by atoms with E-state index in [0.717, 1.165) is 0 Å². The zero-order valence-electron chi connectivity index (χ0n) is 16.0. The summed E-state index contributed by atoms with van der Waals surface area (Å²) >= 11 is 3.28. The molecule has 0 spiro atoms. The van der Waals surface area contributed by atoms with E-state index in [0.29, 0.717) is 4.60 Å². The molecule has 0 aliphatic rings. The zero-order valence-corrected chi connectivity index (χ0v) is 17.6. The van der Waals surface area contributed by atoms with Gasteiger partial charge in [-0.3, -0.25) is 5.32 Å². The predicted octanol–water partition coefficient (Wildman–Crippen LogP) is 4.46. The van der Waals surface area contributed by atoms with Crippen LogP contribution in [0.3, 0.4) is 0 Å². The summed E-state index contributed by atoms with van der Waals surface area (Å²) in [7, 11) is 0. The summed E-state index contributed by atoms with van der Waals surface area (Å²) in [6.45, 7) is 14.5. The number of aromatic nitrogens is 2. The number of nitrogens with zero attached hydrogens (tertiary/aromatic N) is 2. The number of rotatable bonds is 3. The van der Waals surface area contributed by atoms with Gasteiger partial charge in [-0.15, -0.1) is 0 Å². The van der Waals surface area contributed by atoms with Crippen molar-refractivity contribution in [1.29, 1.82) is 0 Å². The Morgan fingerprint density at radius 2 is 1.68 bits per heavy atom. The maximum atomic E-state index is 12.1. The summed E-state index contributed by atoms with van der Waals surface area (Å²) in [5.74, 6) is 0.120. The lowest BCUT2D eigenvalue weighted by atomic mass is 10.1. The van der Waals surface area contributed by atoms with Gasteiger partial charge in [0.1, 0.15) is 11.3 Å². The Kier molecular flexibility index (Phi) is 6.50. The Morgan fingerprint density at radius 3 is 2.12 bits per heavy atom. The fourth-order valence-electron chi connectivity index (χ4n) is 1.77. The van der Waals surface area contributed by atoms with Crippen LogP contribution in [0.25, 0.3) is 0 Å². The van der Waals surface area contributed by atoms with Gasteiger partial charge < -0.3 is 14.8 Å². The molecule has 1 heterocycles. The molecule has 0 aliphatic heterocycles. The third-order valence-corrected chi connectivity index (χ3v) is 3.16. The lowest BCUT2D eigenvalue weighted by molar-refractivity contribution is 0.0635. The molecule has 0 aromatic carbocycles. The molecule has 0 saturated carbocycles. The summed E-state index contributed by atoms with van der Waals surface area (Å²) in [6, 6.07) is -0.0945. The van der Waals surface area contributed by atoms with Crippen molar-refractivity contribution in [2.75, 3.05) is 5.32 Å². The van der Waals surface area contributed by atoms with Gasteiger partial charge in [0.25, 0.3) is 0 Å². The number of hydrogen-bond acceptors (Lipinski definition) is 5. The number of carbonyl (C=O) groups is 2. The van der Waals surface area contributed by atoms with Crippen LogP contribution in [0.2, 0.25) is 0 Å². The summed E-state index contributed by atoms with van der Waals surface area (Å²) in [4.78, 5) is 24.2. The van der Waals surface area contributed by atoms with E-state index in [9.17, 15) is 9.59 Å². The highest BCUT2D eigenvalue weighted by molar-refractivity contribution is 9.10. The molecule has 1 aromatic heterocycles. The fraction of sp³-hybridized carbons (Fsp3) is 0.688. The van der Waals surface area contributed by atoms with E-state index in [2.05, 4.69) is 31.7 Å². The van der Waals surface area contributed by atoms with Crippen molar-refractivity contribution in [1.82, 2.24) is 15.1 Å². The van der Waals surface area contributed by atoms with Crippen LogP contribution in [0.15, 0.2) is 4.60 Å². The molecule has 0 bridgehead atoms. The lowest BCUT2D eigenvalue weighted by Crippen LogP contribution is -2.42. The van der Waals surface area contributed by atoms with Crippen LogP contribution in [-0.4, -0.2) is 33.1 Å². The average Bonchev–Trinajstić information content (AvgIpc) is 2.63. The highest BCUT2D eigenvalue weighted by Crippen LogP contribution is 2.35. The molecule has 0 radical (unpaired) electrons. The highest BCUT2D eigenvalue weighted by Gasteiger charge is 2.27. The van der Waals surface area contributed by atoms with Crippen molar-refractivity contribution >= 4 is 33.8 Å². The number of halogens is 1. The van der Waals surface area contributed by atoms with E-state index in [-0.39, 0.29) is 17.6 Å². The maximum Gasteiger partial charge on any atom is 0.414 e. The molecule has 0 atom stereocenters. The molecule has 142 valence electrons. The number of carbonyl (C=O) groups excluding carboxylic acids is 2. The molecule has 0 aliphatic carbocycles. The van der Waals surface area contributed by atoms with Crippen LogP contribution in [0.5, 0.6) is 5.88 Å². The first kappa shape index (κ1) is 21.3. The number of hydrogen-bond donors (Lipinski definition) is 2. The van der Waals surface area contributed by atoms with Crippen molar-refractivity contribution in [2.45, 2.75) is 72.6 Å². The molecular weight excluding hydrogens is 392 g/mol. The first-order valence-corrected chi connectivity index (χ1v) is 8.77. The number of ether oxygens (including phenoxy) is 2. The zero-order chi connectivity index (χ0) is 19.6. The Labute approximate surface area is 156 Å². The average molecular weight is 419 g/mol. The van der Waals surface area contributed by atoms with Crippen molar-refractivity contribution < 1.29 is 19.1 Å². The van der Waals surface area contributed by atoms with Crippen LogP contribution in [0.4, 0.5) is 15.3 Å². The monoisotopic (exact) mass is 418 g/mol. The minimum absolute atomic E-state index is 0.0945. The molecule has 1 aromatic rings. The lowest BCUT2D eigenvalue weighted by Gasteiger charge is -2.21. The summed E-state index contributed by atoms with van der Waals surface area (Å²) in [6.07, 6.45) is -1.31. The minimum Gasteiger partial charge on any atom is -0.444 e. The van der Waals surface area contributed by atoms with Gasteiger partial charge in [-0.25, -0.2) is 14.3 Å². The first-order chi connectivity index (χ1) is 11.2. The third kappa shape index (κ3) is 6.93. The summed E-state index contributed by atoms with van der Waals surface area (Å²) < 4.78 is 12.5. The Hall–Kier alpha value is -1.77. The van der Waals surface area contributed by atoms with Crippen molar-refractivity contribution in [3.63, 3.8) is 0 Å². The molecule has 2 N–H and O–H groups in total. The highest BCUT2D eigenvalue weighted by atomic mass is 79.9. The van der Waals surface area contributed by atoms with E-state index >= 15 is 0 Å². The molecule has 9 heteroatoms. The van der Waals surface area contributed by atoms with Crippen molar-refractivity contribution in [3.8, 4) is 5.88 Å². The summed E-state index contributed by atoms with van der Waals surface area (Å²) in [5, 5.41) is 9.55. The van der Waals surface area contributed by atoms with Crippen LogP contribution >= 0.6 is 15.9 Å². The van der Waals surface area contributed by atoms with Gasteiger partial charge in [0.15, 0.2) is 4.60 Å². The van der Waals surface area contributed by atoms with Gasteiger partial charge in [0.05, 0.1) is 6.04 Å². The van der Waals surface area contributed by atoms with Crippen molar-refractivity contribution in [3.05, 3.63) is 4.60 Å². The molecular formula is C16H27BrN4O4. The Bertz CT molecular complexity index is 642. The molecule has 2 amide bonds. The smallest absolute Gasteiger partial charge is 0.414 e. The van der Waals surface area contributed by atoms with E-state index in [4.69, 9.17) is 9.47 Å². The van der Waals surface area contributed by atoms with Crippen LogP contribution in [0.1, 0.15) is 61.4 Å². The number of amides is 2. The third-order valence-electron chi connectivity index (χ3n) is 2.61. The van der Waals surface area contributed by atoms with Gasteiger partial charge >= 0.3 is 12.2 Å². The van der Waals surface area contributed by atoms with Crippen LogP contribution < -0.4 is 15.4 Å². The second-order valence-electron chi connectivity index (χ2n) is 7.90. The number of anilines is 1. The Morgan fingerprint density at radius 1 is 1.12 bits per heavy atom. The molecule has 0 fully saturated rings. The van der Waals surface area contributed by atoms with Gasteiger partial charge in [-0.1, -0.05) is 0 Å². The fourth-order valence-corrected chi connectivity index (χ4v) is 2.21. The molecule has 0 unspecified atom stereocenters. The molecule has 1 rings (SSSR count). The topological polar surface area (TPSA) is 94.5 Å². The maximum absolute atomic E-state index is 12.1. The van der Waals surface area contributed by atoms with Crippen LogP contribution in [-0.2, 0) is 4.74 Å². The van der Waals surface area contributed by atoms with E-state index in [1.807, 2.05) is 34.6 Å². The van der Waals surface area contributed by atoms with Crippen LogP contribution in [0, 0.1) is 0 Å². The number of nitrogens with one attached hydrogen (secondary N) is 2. The van der Waals surface area contributed by atoms with E-state index < -0.39 is 23.3 Å².